The second-order valence-electron chi connectivity index (χ2n) is 3.28. The highest BCUT2D eigenvalue weighted by atomic mass is 16.1. The molecule has 0 bridgehead atoms. The topological polar surface area (TPSA) is 32.3 Å². The van der Waals surface area contributed by atoms with Gasteiger partial charge < -0.3 is 0 Å². The van der Waals surface area contributed by atoms with Gasteiger partial charge in [-0.1, -0.05) is 0 Å². The molecule has 0 radical (unpaired) electrons. The summed E-state index contributed by atoms with van der Waals surface area (Å²) in [6, 6.07) is 0.536. The summed E-state index contributed by atoms with van der Waals surface area (Å²) in [4.78, 5) is 13.2. The van der Waals surface area contributed by atoms with Crippen molar-refractivity contribution in [3.8, 4) is 0 Å². The molecule has 0 aromatic carbocycles. The fourth-order valence-corrected chi connectivity index (χ4v) is 1.22. The number of carbonyl (C=O) groups excluding carboxylic acids is 1. The van der Waals surface area contributed by atoms with Crippen LogP contribution in [-0.4, -0.2) is 36.5 Å². The lowest BCUT2D eigenvalue weighted by atomic mass is 10.2. The number of ketones is 1. The van der Waals surface area contributed by atoms with Crippen LogP contribution >= 0.6 is 0 Å². The molecule has 1 N–H and O–H groups in total. The number of hydrogen-bond acceptors (Lipinski definition) is 3. The minimum absolute atomic E-state index is 0.327. The second-order valence-corrected chi connectivity index (χ2v) is 3.28. The average molecular weight is 156 g/mol. The minimum atomic E-state index is 0.327. The maximum atomic E-state index is 11.0. The van der Waals surface area contributed by atoms with Crippen LogP contribution in [0.4, 0.5) is 0 Å². The molecule has 0 aliphatic carbocycles. The van der Waals surface area contributed by atoms with Gasteiger partial charge in [0.25, 0.3) is 0 Å². The van der Waals surface area contributed by atoms with Crippen molar-refractivity contribution in [3.05, 3.63) is 0 Å². The Labute approximate surface area is 67.8 Å². The summed E-state index contributed by atoms with van der Waals surface area (Å²) in [5, 5.41) is 3.10. The molecule has 0 aromatic rings. The average Bonchev–Trinajstić information content (AvgIpc) is 2.13. The molecule has 0 spiro atoms. The van der Waals surface area contributed by atoms with Crippen molar-refractivity contribution in [1.29, 1.82) is 0 Å². The van der Waals surface area contributed by atoms with Gasteiger partial charge in [0.1, 0.15) is 5.78 Å². The number of carbonyl (C=O) groups is 1. The first kappa shape index (κ1) is 8.68. The largest absolute Gasteiger partial charge is 0.298 e. The third-order valence-electron chi connectivity index (χ3n) is 2.05. The fourth-order valence-electron chi connectivity index (χ4n) is 1.22. The van der Waals surface area contributed by atoms with Gasteiger partial charge in [0.15, 0.2) is 0 Å². The minimum Gasteiger partial charge on any atom is -0.298 e. The second kappa shape index (κ2) is 3.83. The highest BCUT2D eigenvalue weighted by Crippen LogP contribution is 2.00. The van der Waals surface area contributed by atoms with Gasteiger partial charge in [-0.3, -0.25) is 15.0 Å². The van der Waals surface area contributed by atoms with Crippen molar-refractivity contribution in [3.63, 3.8) is 0 Å². The predicted octanol–water partition coefficient (Wildman–Crippen LogP) is 0.217. The summed E-state index contributed by atoms with van der Waals surface area (Å²) >= 11 is 0. The molecule has 0 amide bonds. The summed E-state index contributed by atoms with van der Waals surface area (Å²) in [6.45, 7) is 6.60. The molecule has 0 aromatic heterocycles. The van der Waals surface area contributed by atoms with Crippen molar-refractivity contribution in [2.75, 3.05) is 19.8 Å². The molecule has 0 atom stereocenters. The third kappa shape index (κ3) is 2.60. The molecule has 0 saturated carbocycles. The maximum absolute atomic E-state index is 11.0. The lowest BCUT2D eigenvalue weighted by molar-refractivity contribution is -0.117. The number of rotatable bonds is 1. The van der Waals surface area contributed by atoms with Crippen LogP contribution < -0.4 is 5.32 Å². The Morgan fingerprint density at radius 2 is 2.27 bits per heavy atom. The molecule has 0 unspecified atom stereocenters. The van der Waals surface area contributed by atoms with Crippen LogP contribution in [0.1, 0.15) is 20.3 Å². The first-order valence-electron chi connectivity index (χ1n) is 4.16. The van der Waals surface area contributed by atoms with Crippen LogP contribution in [0.5, 0.6) is 0 Å². The molecule has 1 heterocycles. The predicted molar refractivity (Wildman–Crippen MR) is 44.3 cm³/mol. The van der Waals surface area contributed by atoms with Gasteiger partial charge in [0, 0.05) is 25.7 Å². The van der Waals surface area contributed by atoms with Gasteiger partial charge in [0.05, 0.1) is 6.54 Å². The van der Waals surface area contributed by atoms with Crippen molar-refractivity contribution in [2.45, 2.75) is 26.3 Å². The van der Waals surface area contributed by atoms with Gasteiger partial charge in [-0.05, 0) is 13.8 Å². The van der Waals surface area contributed by atoms with E-state index in [-0.39, 0.29) is 0 Å². The van der Waals surface area contributed by atoms with Crippen molar-refractivity contribution < 1.29 is 4.79 Å². The number of nitrogens with zero attached hydrogens (tertiary/aromatic N) is 1. The normalized spacial score (nSPS) is 22.3. The molecule has 1 aliphatic heterocycles. The van der Waals surface area contributed by atoms with Crippen LogP contribution in [0, 0.1) is 0 Å². The lowest BCUT2D eigenvalue weighted by Crippen LogP contribution is -2.37. The Balaban J connectivity index is 2.40. The van der Waals surface area contributed by atoms with E-state index in [1.807, 2.05) is 0 Å². The molecule has 1 aliphatic rings. The van der Waals surface area contributed by atoms with E-state index in [0.717, 1.165) is 13.2 Å². The molecule has 3 heteroatoms. The molecule has 1 saturated heterocycles. The van der Waals surface area contributed by atoms with Crippen molar-refractivity contribution >= 4 is 5.78 Å². The maximum Gasteiger partial charge on any atom is 0.147 e. The first-order chi connectivity index (χ1) is 5.20. The van der Waals surface area contributed by atoms with Crippen LogP contribution in [-0.2, 0) is 4.79 Å². The third-order valence-corrected chi connectivity index (χ3v) is 2.05. The highest BCUT2D eigenvalue weighted by molar-refractivity contribution is 5.80. The van der Waals surface area contributed by atoms with Gasteiger partial charge in [-0.15, -0.1) is 0 Å². The zero-order valence-electron chi connectivity index (χ0n) is 7.26. The number of nitrogens with one attached hydrogen (secondary N) is 1. The van der Waals surface area contributed by atoms with E-state index in [2.05, 4.69) is 24.1 Å². The summed E-state index contributed by atoms with van der Waals surface area (Å²) in [6.07, 6.45) is 0.700. The van der Waals surface area contributed by atoms with Gasteiger partial charge in [0.2, 0.25) is 0 Å². The van der Waals surface area contributed by atoms with E-state index in [9.17, 15) is 4.79 Å². The van der Waals surface area contributed by atoms with Gasteiger partial charge >= 0.3 is 0 Å². The van der Waals surface area contributed by atoms with Crippen molar-refractivity contribution in [2.24, 2.45) is 0 Å². The molecule has 1 fully saturated rings. The number of hydrogen-bond donors (Lipinski definition) is 1. The SMILES string of the molecule is CC(C)N1CCC(=O)CNC1. The fraction of sp³-hybridized carbons (Fsp3) is 0.875. The summed E-state index contributed by atoms with van der Waals surface area (Å²) < 4.78 is 0. The Bertz CT molecular complexity index is 145. The molecular formula is C8H16N2O. The zero-order chi connectivity index (χ0) is 8.27. The highest BCUT2D eigenvalue weighted by Gasteiger charge is 2.14. The van der Waals surface area contributed by atoms with E-state index in [1.165, 1.54) is 0 Å². The molecular weight excluding hydrogens is 140 g/mol. The van der Waals surface area contributed by atoms with Crippen LogP contribution in [0.2, 0.25) is 0 Å². The van der Waals surface area contributed by atoms with E-state index in [4.69, 9.17) is 0 Å². The summed E-state index contributed by atoms with van der Waals surface area (Å²) in [5.74, 6) is 0.327. The number of Topliss-reactive ketones (excluding diaryl/α,β-unsaturated/α-hetero) is 1. The quantitative estimate of drug-likeness (QED) is 0.589. The van der Waals surface area contributed by atoms with Crippen molar-refractivity contribution in [1.82, 2.24) is 10.2 Å². The molecule has 64 valence electrons. The zero-order valence-corrected chi connectivity index (χ0v) is 7.26. The smallest absolute Gasteiger partial charge is 0.147 e. The molecule has 1 rings (SSSR count). The monoisotopic (exact) mass is 156 g/mol. The van der Waals surface area contributed by atoms with E-state index in [1.54, 1.807) is 0 Å². The van der Waals surface area contributed by atoms with Crippen LogP contribution in [0.3, 0.4) is 0 Å². The standard InChI is InChI=1S/C8H16N2O/c1-7(2)10-4-3-8(11)5-9-6-10/h7,9H,3-6H2,1-2H3. The van der Waals surface area contributed by atoms with Gasteiger partial charge in [-0.25, -0.2) is 0 Å². The van der Waals surface area contributed by atoms with E-state index < -0.39 is 0 Å². The van der Waals surface area contributed by atoms with E-state index in [0.29, 0.717) is 24.8 Å². The Hall–Kier alpha value is -0.410. The van der Waals surface area contributed by atoms with Crippen LogP contribution in [0.25, 0.3) is 0 Å². The Morgan fingerprint density at radius 1 is 1.55 bits per heavy atom. The van der Waals surface area contributed by atoms with Crippen LogP contribution in [0.15, 0.2) is 0 Å². The molecule has 11 heavy (non-hydrogen) atoms. The first-order valence-corrected chi connectivity index (χ1v) is 4.16. The van der Waals surface area contributed by atoms with Gasteiger partial charge in [-0.2, -0.15) is 0 Å². The Kier molecular flexibility index (Phi) is 3.02. The summed E-state index contributed by atoms with van der Waals surface area (Å²) in [7, 11) is 0. The van der Waals surface area contributed by atoms with E-state index >= 15 is 0 Å². The molecule has 3 nitrogen and oxygen atoms in total. The Morgan fingerprint density at radius 3 is 2.91 bits per heavy atom. The summed E-state index contributed by atoms with van der Waals surface area (Å²) in [5.41, 5.74) is 0. The lowest BCUT2D eigenvalue weighted by Gasteiger charge is -2.23.